The summed E-state index contributed by atoms with van der Waals surface area (Å²) in [6.07, 6.45) is 1.36. The topological polar surface area (TPSA) is 106 Å². The zero-order chi connectivity index (χ0) is 22.9. The van der Waals surface area contributed by atoms with Gasteiger partial charge in [-0.25, -0.2) is 10.2 Å². The molecule has 0 fully saturated rings. The largest absolute Gasteiger partial charge is 0.495 e. The van der Waals surface area contributed by atoms with E-state index in [9.17, 15) is 14.4 Å². The second-order valence-electron chi connectivity index (χ2n) is 6.32. The number of hydrazone groups is 1. The molecule has 0 spiro atoms. The number of nitrogens with one attached hydrogen (secondary N) is 2. The van der Waals surface area contributed by atoms with Crippen molar-refractivity contribution in [3.63, 3.8) is 0 Å². The fourth-order valence-corrected chi connectivity index (χ4v) is 2.95. The molecule has 0 heterocycles. The molecule has 0 bridgehead atoms. The molecule has 162 valence electrons. The highest BCUT2D eigenvalue weighted by Gasteiger charge is 2.15. The summed E-state index contributed by atoms with van der Waals surface area (Å²) in [7, 11) is 1.46. The molecule has 0 radical (unpaired) electrons. The van der Waals surface area contributed by atoms with Gasteiger partial charge in [-0.3, -0.25) is 9.59 Å². The Morgan fingerprint density at radius 1 is 0.938 bits per heavy atom. The molecular formula is C23H18BrN3O5. The van der Waals surface area contributed by atoms with Crippen molar-refractivity contribution in [1.82, 2.24) is 5.43 Å². The van der Waals surface area contributed by atoms with E-state index in [0.717, 1.165) is 4.47 Å². The third-order valence-corrected chi connectivity index (χ3v) is 4.59. The molecule has 2 N–H and O–H groups in total. The molecule has 0 aliphatic heterocycles. The van der Waals surface area contributed by atoms with Crippen LogP contribution >= 0.6 is 15.9 Å². The lowest BCUT2D eigenvalue weighted by Gasteiger charge is -2.08. The maximum absolute atomic E-state index is 12.2. The first-order valence-electron chi connectivity index (χ1n) is 9.31. The van der Waals surface area contributed by atoms with Crippen molar-refractivity contribution in [3.05, 3.63) is 88.4 Å². The summed E-state index contributed by atoms with van der Waals surface area (Å²) in [6.45, 7) is 0. The van der Waals surface area contributed by atoms with E-state index in [2.05, 4.69) is 31.8 Å². The summed E-state index contributed by atoms with van der Waals surface area (Å²) in [4.78, 5) is 36.1. The molecule has 32 heavy (non-hydrogen) atoms. The standard InChI is InChI=1S/C23H18BrN3O5/c1-31-20-8-3-2-7-19(20)26-21(28)22(29)27-25-14-15-9-11-18(12-10-15)32-23(30)16-5-4-6-17(24)13-16/h2-14H,1H3,(H,26,28)(H,27,29)/b25-14-. The number of esters is 1. The lowest BCUT2D eigenvalue weighted by molar-refractivity contribution is -0.136. The van der Waals surface area contributed by atoms with E-state index in [0.29, 0.717) is 28.3 Å². The summed E-state index contributed by atoms with van der Waals surface area (Å²) in [5.41, 5.74) is 3.56. The van der Waals surface area contributed by atoms with Crippen molar-refractivity contribution in [2.24, 2.45) is 5.10 Å². The van der Waals surface area contributed by atoms with Crippen LogP contribution in [0.3, 0.4) is 0 Å². The third kappa shape index (κ3) is 6.26. The van der Waals surface area contributed by atoms with Gasteiger partial charge in [0, 0.05) is 4.47 Å². The summed E-state index contributed by atoms with van der Waals surface area (Å²) in [6, 6.07) is 20.1. The molecule has 0 aliphatic rings. The van der Waals surface area contributed by atoms with E-state index in [1.165, 1.54) is 13.3 Å². The molecule has 3 aromatic rings. The van der Waals surface area contributed by atoms with Crippen LogP contribution in [0.25, 0.3) is 0 Å². The minimum atomic E-state index is -0.938. The smallest absolute Gasteiger partial charge is 0.343 e. The molecule has 2 amide bonds. The third-order valence-electron chi connectivity index (χ3n) is 4.09. The van der Waals surface area contributed by atoms with Crippen molar-refractivity contribution in [1.29, 1.82) is 0 Å². The molecule has 3 aromatic carbocycles. The molecule has 0 atom stereocenters. The van der Waals surface area contributed by atoms with E-state index in [1.54, 1.807) is 66.7 Å². The lowest BCUT2D eigenvalue weighted by Crippen LogP contribution is -2.32. The lowest BCUT2D eigenvalue weighted by atomic mass is 10.2. The maximum atomic E-state index is 12.2. The molecule has 0 saturated carbocycles. The molecule has 0 unspecified atom stereocenters. The highest BCUT2D eigenvalue weighted by atomic mass is 79.9. The minimum Gasteiger partial charge on any atom is -0.495 e. The molecule has 0 aromatic heterocycles. The monoisotopic (exact) mass is 495 g/mol. The molecular weight excluding hydrogens is 478 g/mol. The fourth-order valence-electron chi connectivity index (χ4n) is 2.55. The van der Waals surface area contributed by atoms with Gasteiger partial charge in [0.2, 0.25) is 0 Å². The normalized spacial score (nSPS) is 10.4. The Morgan fingerprint density at radius 3 is 2.41 bits per heavy atom. The first-order chi connectivity index (χ1) is 15.5. The summed E-state index contributed by atoms with van der Waals surface area (Å²) in [5, 5.41) is 6.22. The van der Waals surface area contributed by atoms with Crippen molar-refractivity contribution in [3.8, 4) is 11.5 Å². The SMILES string of the molecule is COc1ccccc1NC(=O)C(=O)N/N=C\c1ccc(OC(=O)c2cccc(Br)c2)cc1. The fraction of sp³-hybridized carbons (Fsp3) is 0.0435. The van der Waals surface area contributed by atoms with Crippen LogP contribution in [0.4, 0.5) is 5.69 Å². The van der Waals surface area contributed by atoms with Gasteiger partial charge in [-0.15, -0.1) is 0 Å². The Balaban J connectivity index is 1.52. The average molecular weight is 496 g/mol. The van der Waals surface area contributed by atoms with Crippen LogP contribution < -0.4 is 20.2 Å². The van der Waals surface area contributed by atoms with Crippen LogP contribution in [0.5, 0.6) is 11.5 Å². The highest BCUT2D eigenvalue weighted by Crippen LogP contribution is 2.22. The van der Waals surface area contributed by atoms with Crippen LogP contribution in [0.2, 0.25) is 0 Å². The Kier molecular flexibility index (Phi) is 7.71. The van der Waals surface area contributed by atoms with Crippen LogP contribution in [0.15, 0.2) is 82.4 Å². The first kappa shape index (κ1) is 22.7. The number of ether oxygens (including phenoxy) is 2. The number of amides is 2. The zero-order valence-corrected chi connectivity index (χ0v) is 18.5. The van der Waals surface area contributed by atoms with Gasteiger partial charge < -0.3 is 14.8 Å². The number of hydrogen-bond acceptors (Lipinski definition) is 6. The number of rotatable bonds is 6. The van der Waals surface area contributed by atoms with Crippen LogP contribution in [0, 0.1) is 0 Å². The van der Waals surface area contributed by atoms with E-state index in [1.807, 2.05) is 6.07 Å². The predicted octanol–water partition coefficient (Wildman–Crippen LogP) is 3.77. The number of nitrogens with zero attached hydrogens (tertiary/aromatic N) is 1. The van der Waals surface area contributed by atoms with Crippen LogP contribution in [-0.2, 0) is 9.59 Å². The maximum Gasteiger partial charge on any atom is 0.343 e. The van der Waals surface area contributed by atoms with Gasteiger partial charge in [0.05, 0.1) is 24.6 Å². The quantitative estimate of drug-likeness (QED) is 0.178. The van der Waals surface area contributed by atoms with Crippen LogP contribution in [0.1, 0.15) is 15.9 Å². The number of benzene rings is 3. The van der Waals surface area contributed by atoms with E-state index in [4.69, 9.17) is 9.47 Å². The Morgan fingerprint density at radius 2 is 1.69 bits per heavy atom. The van der Waals surface area contributed by atoms with Gasteiger partial charge >= 0.3 is 17.8 Å². The summed E-state index contributed by atoms with van der Waals surface area (Å²) < 4.78 is 11.2. The van der Waals surface area contributed by atoms with Crippen molar-refractivity contribution >= 4 is 45.6 Å². The molecule has 9 heteroatoms. The number of para-hydroxylation sites is 2. The van der Waals surface area contributed by atoms with E-state index >= 15 is 0 Å². The highest BCUT2D eigenvalue weighted by molar-refractivity contribution is 9.10. The Hall–Kier alpha value is -3.98. The minimum absolute atomic E-state index is 0.354. The van der Waals surface area contributed by atoms with Crippen molar-refractivity contribution in [2.75, 3.05) is 12.4 Å². The summed E-state index contributed by atoms with van der Waals surface area (Å²) in [5.74, 6) is -1.53. The number of anilines is 1. The molecule has 0 saturated heterocycles. The second kappa shape index (κ2) is 10.9. The van der Waals surface area contributed by atoms with Gasteiger partial charge in [0.25, 0.3) is 0 Å². The van der Waals surface area contributed by atoms with Gasteiger partial charge in [0.1, 0.15) is 11.5 Å². The Labute approximate surface area is 192 Å². The van der Waals surface area contributed by atoms with Gasteiger partial charge in [-0.2, -0.15) is 5.10 Å². The summed E-state index contributed by atoms with van der Waals surface area (Å²) >= 11 is 3.31. The molecule has 3 rings (SSSR count). The number of hydrogen-bond donors (Lipinski definition) is 2. The van der Waals surface area contributed by atoms with Crippen molar-refractivity contribution < 1.29 is 23.9 Å². The number of methoxy groups -OCH3 is 1. The number of halogens is 1. The van der Waals surface area contributed by atoms with Gasteiger partial charge in [-0.05, 0) is 60.2 Å². The van der Waals surface area contributed by atoms with Gasteiger partial charge in [-0.1, -0.05) is 34.1 Å². The average Bonchev–Trinajstić information content (AvgIpc) is 2.80. The second-order valence-corrected chi connectivity index (χ2v) is 7.24. The van der Waals surface area contributed by atoms with E-state index < -0.39 is 17.8 Å². The Bertz CT molecular complexity index is 1160. The van der Waals surface area contributed by atoms with Crippen LogP contribution in [-0.4, -0.2) is 31.1 Å². The molecule has 0 aliphatic carbocycles. The zero-order valence-electron chi connectivity index (χ0n) is 16.9. The van der Waals surface area contributed by atoms with E-state index in [-0.39, 0.29) is 0 Å². The number of carbonyl (C=O) groups excluding carboxylic acids is 3. The predicted molar refractivity (Wildman–Crippen MR) is 123 cm³/mol. The first-order valence-corrected chi connectivity index (χ1v) is 10.1. The molecule has 8 nitrogen and oxygen atoms in total. The van der Waals surface area contributed by atoms with Gasteiger partial charge in [0.15, 0.2) is 0 Å². The van der Waals surface area contributed by atoms with Crippen molar-refractivity contribution in [2.45, 2.75) is 0 Å². The number of carbonyl (C=O) groups is 3.